The number of hydrogen-bond acceptors (Lipinski definition) is 1. The van der Waals surface area contributed by atoms with Crippen molar-refractivity contribution < 1.29 is 37.1 Å². The first-order chi connectivity index (χ1) is 11.8. The molecule has 1 aromatic rings. The Morgan fingerprint density at radius 2 is 1.80 bits per heavy atom. The van der Waals surface area contributed by atoms with Crippen LogP contribution in [0.5, 0.6) is 0 Å². The Balaban J connectivity index is 0.000000330. The smallest absolute Gasteiger partial charge is 0.123 e. The van der Waals surface area contributed by atoms with Crippen molar-refractivity contribution in [1.29, 1.82) is 0 Å². The number of benzene rings is 1. The van der Waals surface area contributed by atoms with Crippen LogP contribution in [0.1, 0.15) is 24.4 Å². The molecule has 0 bridgehead atoms. The van der Waals surface area contributed by atoms with Gasteiger partial charge in [0.1, 0.15) is 5.82 Å². The Morgan fingerprint density at radius 3 is 2.48 bits per heavy atom. The molecule has 0 saturated carbocycles. The molecule has 1 aromatic carbocycles. The van der Waals surface area contributed by atoms with E-state index >= 15 is 0 Å². The van der Waals surface area contributed by atoms with Gasteiger partial charge in [-0.15, -0.1) is 19.6 Å². The van der Waals surface area contributed by atoms with Crippen LogP contribution in [0.4, 0.5) is 4.39 Å². The first-order valence-corrected chi connectivity index (χ1v) is 8.50. The fourth-order valence-electron chi connectivity index (χ4n) is 2.84. The molecule has 3 nitrogen and oxygen atoms in total. The average Bonchev–Trinajstić information content (AvgIpc) is 2.95. The molecule has 0 amide bonds. The van der Waals surface area contributed by atoms with E-state index in [1.165, 1.54) is 24.1 Å². The van der Waals surface area contributed by atoms with Crippen LogP contribution in [0, 0.1) is 5.82 Å². The topological polar surface area (TPSA) is 40.2 Å². The van der Waals surface area contributed by atoms with E-state index in [1.54, 1.807) is 12.1 Å². The van der Waals surface area contributed by atoms with Crippen molar-refractivity contribution in [2.75, 3.05) is 32.7 Å². The molecule has 3 rings (SSSR count). The van der Waals surface area contributed by atoms with E-state index in [-0.39, 0.29) is 44.6 Å². The van der Waals surface area contributed by atoms with Crippen molar-refractivity contribution in [2.24, 2.45) is 0 Å². The molecule has 1 atom stereocenters. The van der Waals surface area contributed by atoms with Crippen molar-refractivity contribution in [3.8, 4) is 0 Å². The second-order valence-corrected chi connectivity index (χ2v) is 5.77. The zero-order valence-electron chi connectivity index (χ0n) is 14.8. The molecule has 2 aliphatic heterocycles. The molecule has 1 fully saturated rings. The van der Waals surface area contributed by atoms with Gasteiger partial charge in [0.15, 0.2) is 0 Å². The van der Waals surface area contributed by atoms with Gasteiger partial charge < -0.3 is 16.0 Å². The van der Waals surface area contributed by atoms with Crippen LogP contribution < -0.4 is 5.32 Å². The molecule has 1 radical (unpaired) electrons. The summed E-state index contributed by atoms with van der Waals surface area (Å²) in [5.74, 6) is -0.224. The molecule has 1 saturated heterocycles. The summed E-state index contributed by atoms with van der Waals surface area (Å²) in [6.45, 7) is 12.7. The van der Waals surface area contributed by atoms with E-state index in [1.807, 2.05) is 12.2 Å². The second-order valence-electron chi connectivity index (χ2n) is 5.77. The minimum Gasteiger partial charge on any atom is -0.661 e. The van der Waals surface area contributed by atoms with Crippen molar-refractivity contribution in [1.82, 2.24) is 5.32 Å². The van der Waals surface area contributed by atoms with Gasteiger partial charge in [-0.3, -0.25) is 0 Å². The Kier molecular flexibility index (Phi) is 11.3. The number of halogens is 1. The minimum atomic E-state index is -0.224. The molecular weight excluding hydrogens is 390 g/mol. The molecule has 25 heavy (non-hydrogen) atoms. The normalized spacial score (nSPS) is 20.4. The number of nitrogens with zero attached hydrogens (tertiary/aromatic N) is 2. The van der Waals surface area contributed by atoms with Crippen molar-refractivity contribution in [2.45, 2.75) is 18.9 Å². The van der Waals surface area contributed by atoms with Gasteiger partial charge in [0.25, 0.3) is 0 Å². The summed E-state index contributed by atoms with van der Waals surface area (Å²) in [6, 6.07) is 6.45. The number of rotatable bonds is 3. The quantitative estimate of drug-likeness (QED) is 0.765. The first-order valence-electron chi connectivity index (χ1n) is 8.50. The third kappa shape index (κ3) is 7.24. The molecule has 2 heterocycles. The van der Waals surface area contributed by atoms with Gasteiger partial charge in [-0.2, -0.15) is 0 Å². The Morgan fingerprint density at radius 1 is 1.04 bits per heavy atom. The first kappa shape index (κ1) is 22.4. The second kappa shape index (κ2) is 12.7. The molecular formula is C20H26FN3Y-2. The van der Waals surface area contributed by atoms with Gasteiger partial charge in [0.2, 0.25) is 0 Å². The summed E-state index contributed by atoms with van der Waals surface area (Å²) in [5.41, 5.74) is 3.27. The number of allylic oxidation sites excluding steroid dienone is 1. The SMILES string of the molecule is C1C[N-]CCNC1.C=CC1=C(C=C)[C@H](c2ccc(F)cc2)[N-]CC1.[Y]. The van der Waals surface area contributed by atoms with Crippen LogP contribution in [-0.4, -0.2) is 32.7 Å². The standard InChI is InChI=1S/C15H15FN.C5H11N2.Y/c1-3-11-9-10-17-15(14(11)4-2)12-5-7-13(16)8-6-12;1-2-6-4-5-7-3-1;/h3-8,15H,1-2,9-10H2;6H,1-5H2;/q2*-1;/t15-;;/m0../s1. The van der Waals surface area contributed by atoms with Crippen LogP contribution in [-0.2, 0) is 32.7 Å². The van der Waals surface area contributed by atoms with E-state index in [2.05, 4.69) is 29.1 Å². The molecule has 0 aromatic heterocycles. The summed E-state index contributed by atoms with van der Waals surface area (Å²) in [5, 5.41) is 12.0. The maximum absolute atomic E-state index is 12.9. The monoisotopic (exact) mass is 416 g/mol. The summed E-state index contributed by atoms with van der Waals surface area (Å²) in [4.78, 5) is 0. The third-order valence-electron chi connectivity index (χ3n) is 4.13. The zero-order chi connectivity index (χ0) is 17.2. The predicted molar refractivity (Wildman–Crippen MR) is 100.0 cm³/mol. The molecule has 1 N–H and O–H groups in total. The Labute approximate surface area is 176 Å². The van der Waals surface area contributed by atoms with Gasteiger partial charge in [-0.05, 0) is 37.2 Å². The fraction of sp³-hybridized carbons (Fsp3) is 0.400. The Bertz CT molecular complexity index is 549. The van der Waals surface area contributed by atoms with Crippen molar-refractivity contribution in [3.05, 3.63) is 82.7 Å². The van der Waals surface area contributed by atoms with Crippen LogP contribution in [0.25, 0.3) is 10.6 Å². The maximum atomic E-state index is 12.9. The Hall–Kier alpha value is -0.646. The molecule has 0 unspecified atom stereocenters. The van der Waals surface area contributed by atoms with Crippen LogP contribution in [0.15, 0.2) is 60.7 Å². The van der Waals surface area contributed by atoms with Crippen molar-refractivity contribution >= 4 is 0 Å². The van der Waals surface area contributed by atoms with Gasteiger partial charge >= 0.3 is 0 Å². The van der Waals surface area contributed by atoms with Gasteiger partial charge in [-0.1, -0.05) is 61.0 Å². The average molecular weight is 416 g/mol. The van der Waals surface area contributed by atoms with Gasteiger partial charge in [-0.25, -0.2) is 4.39 Å². The van der Waals surface area contributed by atoms with Crippen LogP contribution in [0.3, 0.4) is 0 Å². The van der Waals surface area contributed by atoms with E-state index in [0.29, 0.717) is 0 Å². The van der Waals surface area contributed by atoms with E-state index < -0.39 is 0 Å². The number of hydrogen-bond donors (Lipinski definition) is 1. The molecule has 0 aliphatic carbocycles. The van der Waals surface area contributed by atoms with Gasteiger partial charge in [0, 0.05) is 32.7 Å². The molecule has 133 valence electrons. The third-order valence-corrected chi connectivity index (χ3v) is 4.13. The van der Waals surface area contributed by atoms with Crippen LogP contribution >= 0.6 is 0 Å². The zero-order valence-corrected chi connectivity index (χ0v) is 17.6. The largest absolute Gasteiger partial charge is 0.661 e. The predicted octanol–water partition coefficient (Wildman–Crippen LogP) is 4.66. The fourth-order valence-corrected chi connectivity index (χ4v) is 2.84. The van der Waals surface area contributed by atoms with Crippen LogP contribution in [0.2, 0.25) is 0 Å². The van der Waals surface area contributed by atoms with E-state index in [4.69, 9.17) is 0 Å². The maximum Gasteiger partial charge on any atom is 0.123 e. The summed E-state index contributed by atoms with van der Waals surface area (Å²) in [7, 11) is 0. The number of nitrogens with one attached hydrogen (secondary N) is 1. The molecule has 0 spiro atoms. The van der Waals surface area contributed by atoms with Crippen molar-refractivity contribution in [3.63, 3.8) is 0 Å². The minimum absolute atomic E-state index is 0. The summed E-state index contributed by atoms with van der Waals surface area (Å²) >= 11 is 0. The van der Waals surface area contributed by atoms with E-state index in [0.717, 1.165) is 50.3 Å². The van der Waals surface area contributed by atoms with Gasteiger partial charge in [0.05, 0.1) is 0 Å². The summed E-state index contributed by atoms with van der Waals surface area (Å²) in [6.07, 6.45) is 5.82. The summed E-state index contributed by atoms with van der Waals surface area (Å²) < 4.78 is 12.9. The molecule has 5 heteroatoms. The molecule has 2 aliphatic rings. The van der Waals surface area contributed by atoms with E-state index in [9.17, 15) is 4.39 Å².